The lowest BCUT2D eigenvalue weighted by Gasteiger charge is -2.23. The highest BCUT2D eigenvalue weighted by Crippen LogP contribution is 2.37. The van der Waals surface area contributed by atoms with Crippen molar-refractivity contribution >= 4 is 5.91 Å². The van der Waals surface area contributed by atoms with E-state index in [0.717, 1.165) is 81.3 Å². The van der Waals surface area contributed by atoms with E-state index in [4.69, 9.17) is 18.9 Å². The molecule has 2 aromatic carbocycles. The van der Waals surface area contributed by atoms with Crippen molar-refractivity contribution in [2.24, 2.45) is 5.92 Å². The lowest BCUT2D eigenvalue weighted by molar-refractivity contribution is -0.131. The summed E-state index contributed by atoms with van der Waals surface area (Å²) < 4.78 is 21.8. The van der Waals surface area contributed by atoms with Crippen molar-refractivity contribution in [3.8, 4) is 23.0 Å². The van der Waals surface area contributed by atoms with Gasteiger partial charge in [0.1, 0.15) is 0 Å². The Morgan fingerprint density at radius 3 is 1.67 bits per heavy atom. The van der Waals surface area contributed by atoms with Crippen LogP contribution in [0.25, 0.3) is 0 Å². The largest absolute Gasteiger partial charge is 0.493 e. The summed E-state index contributed by atoms with van der Waals surface area (Å²) in [6.45, 7) is 3.27. The smallest absolute Gasteiger partial charge is 0.223 e. The molecule has 1 heterocycles. The lowest BCUT2D eigenvalue weighted by atomic mass is 10.0. The van der Waals surface area contributed by atoms with Gasteiger partial charge in [-0.05, 0) is 98.1 Å². The summed E-state index contributed by atoms with van der Waals surface area (Å²) >= 11 is 0. The van der Waals surface area contributed by atoms with E-state index in [0.29, 0.717) is 12.3 Å². The van der Waals surface area contributed by atoms with Gasteiger partial charge >= 0.3 is 0 Å². The van der Waals surface area contributed by atoms with Gasteiger partial charge in [-0.25, -0.2) is 0 Å². The van der Waals surface area contributed by atoms with E-state index < -0.39 is 0 Å². The van der Waals surface area contributed by atoms with E-state index in [-0.39, 0.29) is 5.91 Å². The van der Waals surface area contributed by atoms with Gasteiger partial charge in [0.15, 0.2) is 23.0 Å². The third-order valence-corrected chi connectivity index (χ3v) is 7.71. The SMILES string of the molecule is COc1cc2c(cc1OC)CCN(C(=O)CCN(C)CCC1Cc3cc(OC)c(OC)cc3C1)CC2. The zero-order valence-electron chi connectivity index (χ0n) is 22.4. The molecule has 0 saturated heterocycles. The molecule has 0 N–H and O–H groups in total. The number of carbonyl (C=O) groups excluding carboxylic acids is 1. The average molecular weight is 497 g/mol. The second kappa shape index (κ2) is 11.9. The zero-order valence-corrected chi connectivity index (χ0v) is 22.4. The predicted octanol–water partition coefficient (Wildman–Crippen LogP) is 3.78. The molecule has 0 spiro atoms. The molecular formula is C29H40N2O5. The third kappa shape index (κ3) is 5.89. The number of fused-ring (bicyclic) bond motifs is 2. The highest BCUT2D eigenvalue weighted by atomic mass is 16.5. The van der Waals surface area contributed by atoms with E-state index in [2.05, 4.69) is 36.2 Å². The molecule has 0 radical (unpaired) electrons. The molecule has 36 heavy (non-hydrogen) atoms. The van der Waals surface area contributed by atoms with Crippen molar-refractivity contribution in [1.82, 2.24) is 9.80 Å². The molecule has 0 fully saturated rings. The molecule has 2 aliphatic rings. The van der Waals surface area contributed by atoms with Crippen LogP contribution in [0.15, 0.2) is 24.3 Å². The third-order valence-electron chi connectivity index (χ3n) is 7.71. The zero-order chi connectivity index (χ0) is 25.7. The van der Waals surface area contributed by atoms with Gasteiger partial charge in [0.25, 0.3) is 0 Å². The minimum atomic E-state index is 0.237. The van der Waals surface area contributed by atoms with Crippen molar-refractivity contribution in [2.45, 2.75) is 38.5 Å². The van der Waals surface area contributed by atoms with Crippen molar-refractivity contribution in [1.29, 1.82) is 0 Å². The predicted molar refractivity (Wildman–Crippen MR) is 141 cm³/mol. The number of hydrogen-bond acceptors (Lipinski definition) is 6. The number of carbonyl (C=O) groups is 1. The van der Waals surface area contributed by atoms with Crippen LogP contribution >= 0.6 is 0 Å². The molecule has 0 unspecified atom stereocenters. The molecule has 7 heteroatoms. The second-order valence-corrected chi connectivity index (χ2v) is 9.95. The Kier molecular flexibility index (Phi) is 8.62. The normalized spacial score (nSPS) is 15.3. The summed E-state index contributed by atoms with van der Waals surface area (Å²) in [4.78, 5) is 17.3. The fourth-order valence-electron chi connectivity index (χ4n) is 5.50. The Morgan fingerprint density at radius 2 is 1.22 bits per heavy atom. The lowest BCUT2D eigenvalue weighted by Crippen LogP contribution is -2.35. The van der Waals surface area contributed by atoms with Gasteiger partial charge in [-0.1, -0.05) is 0 Å². The number of nitrogens with zero attached hydrogens (tertiary/aromatic N) is 2. The molecule has 1 aliphatic carbocycles. The molecule has 0 saturated carbocycles. The highest BCUT2D eigenvalue weighted by molar-refractivity contribution is 5.76. The van der Waals surface area contributed by atoms with Gasteiger partial charge in [0.05, 0.1) is 28.4 Å². The summed E-state index contributed by atoms with van der Waals surface area (Å²) in [6.07, 6.45) is 5.51. The van der Waals surface area contributed by atoms with Crippen molar-refractivity contribution < 1.29 is 23.7 Å². The average Bonchev–Trinajstić information content (AvgIpc) is 3.18. The molecule has 7 nitrogen and oxygen atoms in total. The Balaban J connectivity index is 1.22. The Morgan fingerprint density at radius 1 is 0.778 bits per heavy atom. The number of hydrogen-bond donors (Lipinski definition) is 0. The molecule has 196 valence electrons. The Bertz CT molecular complexity index is 1000. The van der Waals surface area contributed by atoms with Gasteiger partial charge in [0, 0.05) is 26.1 Å². The first-order valence-electron chi connectivity index (χ1n) is 12.9. The van der Waals surface area contributed by atoms with Crippen LogP contribution in [-0.2, 0) is 30.5 Å². The number of methoxy groups -OCH3 is 4. The molecule has 1 aliphatic heterocycles. The Labute approximate surface area is 215 Å². The van der Waals surface area contributed by atoms with Crippen molar-refractivity contribution in [2.75, 3.05) is 61.7 Å². The number of benzene rings is 2. The van der Waals surface area contributed by atoms with Gasteiger partial charge in [-0.15, -0.1) is 0 Å². The standard InChI is InChI=1S/C29H40N2O5/c1-30(10-6-20-14-23-18-27(35-4)28(36-5)19-24(23)15-20)11-9-29(32)31-12-7-21-16-25(33-2)26(34-3)17-22(21)8-13-31/h16-20H,6-15H2,1-5H3. The van der Waals surface area contributed by atoms with Crippen LogP contribution in [0.5, 0.6) is 23.0 Å². The molecular weight excluding hydrogens is 456 g/mol. The first-order chi connectivity index (χ1) is 17.4. The number of rotatable bonds is 10. The first-order valence-corrected chi connectivity index (χ1v) is 12.9. The maximum Gasteiger partial charge on any atom is 0.223 e. The summed E-state index contributed by atoms with van der Waals surface area (Å²) in [5, 5.41) is 0. The fourth-order valence-corrected chi connectivity index (χ4v) is 5.50. The molecule has 1 amide bonds. The summed E-state index contributed by atoms with van der Waals surface area (Å²) in [5.41, 5.74) is 5.22. The summed E-state index contributed by atoms with van der Waals surface area (Å²) in [7, 11) is 8.82. The fraction of sp³-hybridized carbons (Fsp3) is 0.552. The van der Waals surface area contributed by atoms with Gasteiger partial charge in [-0.3, -0.25) is 4.79 Å². The van der Waals surface area contributed by atoms with Crippen LogP contribution in [0.3, 0.4) is 0 Å². The molecule has 0 aromatic heterocycles. The van der Waals surface area contributed by atoms with E-state index in [1.54, 1.807) is 28.4 Å². The quantitative estimate of drug-likeness (QED) is 0.499. The number of ether oxygens (including phenoxy) is 4. The molecule has 2 aromatic rings. The van der Waals surface area contributed by atoms with E-state index >= 15 is 0 Å². The van der Waals surface area contributed by atoms with E-state index in [1.165, 1.54) is 22.3 Å². The summed E-state index contributed by atoms with van der Waals surface area (Å²) in [5.74, 6) is 3.97. The summed E-state index contributed by atoms with van der Waals surface area (Å²) in [6, 6.07) is 8.37. The van der Waals surface area contributed by atoms with Crippen LogP contribution in [0, 0.1) is 5.92 Å². The maximum atomic E-state index is 13.0. The van der Waals surface area contributed by atoms with Crippen LogP contribution in [0.4, 0.5) is 0 Å². The van der Waals surface area contributed by atoms with Crippen molar-refractivity contribution in [3.05, 3.63) is 46.5 Å². The second-order valence-electron chi connectivity index (χ2n) is 9.95. The topological polar surface area (TPSA) is 60.5 Å². The minimum absolute atomic E-state index is 0.237. The van der Waals surface area contributed by atoms with Gasteiger partial charge < -0.3 is 28.7 Å². The van der Waals surface area contributed by atoms with Crippen LogP contribution in [-0.4, -0.2) is 77.4 Å². The molecule has 4 rings (SSSR count). The van der Waals surface area contributed by atoms with Crippen LogP contribution in [0.1, 0.15) is 35.1 Å². The van der Waals surface area contributed by atoms with Gasteiger partial charge in [-0.2, -0.15) is 0 Å². The first kappa shape index (κ1) is 26.1. The Hall–Kier alpha value is -2.93. The number of amides is 1. The van der Waals surface area contributed by atoms with E-state index in [1.807, 2.05) is 4.90 Å². The molecule has 0 atom stereocenters. The van der Waals surface area contributed by atoms with Gasteiger partial charge in [0.2, 0.25) is 5.91 Å². The van der Waals surface area contributed by atoms with Crippen molar-refractivity contribution in [3.63, 3.8) is 0 Å². The molecule has 0 bridgehead atoms. The van der Waals surface area contributed by atoms with Crippen LogP contribution in [0.2, 0.25) is 0 Å². The maximum absolute atomic E-state index is 13.0. The van der Waals surface area contributed by atoms with E-state index in [9.17, 15) is 4.79 Å². The monoisotopic (exact) mass is 496 g/mol. The minimum Gasteiger partial charge on any atom is -0.493 e. The van der Waals surface area contributed by atoms with Crippen LogP contribution < -0.4 is 18.9 Å². The highest BCUT2D eigenvalue weighted by Gasteiger charge is 2.25.